The lowest BCUT2D eigenvalue weighted by Gasteiger charge is -2.07. The van der Waals surface area contributed by atoms with Crippen LogP contribution in [0.25, 0.3) is 0 Å². The summed E-state index contributed by atoms with van der Waals surface area (Å²) in [5, 5.41) is 0. The summed E-state index contributed by atoms with van der Waals surface area (Å²) < 4.78 is 4.80. The van der Waals surface area contributed by atoms with Crippen LogP contribution in [-0.4, -0.2) is 12.1 Å². The molecule has 0 heterocycles. The summed E-state index contributed by atoms with van der Waals surface area (Å²) in [7, 11) is 0. The van der Waals surface area contributed by atoms with Crippen LogP contribution in [0.3, 0.4) is 0 Å². The van der Waals surface area contributed by atoms with Crippen molar-refractivity contribution >= 4 is 5.97 Å². The van der Waals surface area contributed by atoms with Gasteiger partial charge in [-0.05, 0) is 20.3 Å². The van der Waals surface area contributed by atoms with Gasteiger partial charge in [-0.1, -0.05) is 13.0 Å². The van der Waals surface area contributed by atoms with E-state index in [1.54, 1.807) is 13.0 Å². The van der Waals surface area contributed by atoms with Crippen molar-refractivity contribution in [2.24, 2.45) is 0 Å². The van der Waals surface area contributed by atoms with Crippen LogP contribution in [0.15, 0.2) is 12.2 Å². The number of carbonyl (C=O) groups excluding carboxylic acids is 1. The second-order valence-corrected chi connectivity index (χ2v) is 1.97. The molecule has 0 N–H and O–H groups in total. The van der Waals surface area contributed by atoms with Gasteiger partial charge in [0.05, 0.1) is 0 Å². The van der Waals surface area contributed by atoms with Gasteiger partial charge >= 0.3 is 5.97 Å². The van der Waals surface area contributed by atoms with Crippen molar-refractivity contribution in [3.8, 4) is 0 Å². The van der Waals surface area contributed by atoms with Crippen LogP contribution in [-0.2, 0) is 9.53 Å². The molecule has 0 aromatic rings. The molecule has 1 atom stereocenters. The Bertz CT molecular complexity index is 127. The molecular formula is C8H13O2. The lowest BCUT2D eigenvalue weighted by Crippen LogP contribution is -2.11. The topological polar surface area (TPSA) is 26.3 Å². The Morgan fingerprint density at radius 2 is 2.40 bits per heavy atom. The van der Waals surface area contributed by atoms with Crippen LogP contribution in [0.5, 0.6) is 0 Å². The lowest BCUT2D eigenvalue weighted by atomic mass is 10.3. The summed E-state index contributed by atoms with van der Waals surface area (Å²) in [5.74, 6) is -0.315. The number of allylic oxidation sites excluding steroid dienone is 1. The minimum absolute atomic E-state index is 0.219. The van der Waals surface area contributed by atoms with Gasteiger partial charge in [-0.25, -0.2) is 4.79 Å². The van der Waals surface area contributed by atoms with Crippen LogP contribution in [0.1, 0.15) is 20.3 Å². The smallest absolute Gasteiger partial charge is 0.330 e. The second kappa shape index (κ2) is 5.03. The van der Waals surface area contributed by atoms with Gasteiger partial charge in [-0.15, -0.1) is 0 Å². The fraction of sp³-hybridized carbons (Fsp3) is 0.500. The summed E-state index contributed by atoms with van der Waals surface area (Å²) in [6.07, 6.45) is 3.56. The molecule has 0 aliphatic carbocycles. The van der Waals surface area contributed by atoms with Crippen molar-refractivity contribution in [2.75, 3.05) is 0 Å². The Kier molecular flexibility index (Phi) is 4.63. The predicted molar refractivity (Wildman–Crippen MR) is 40.3 cm³/mol. The summed E-state index contributed by atoms with van der Waals surface area (Å²) in [6.45, 7) is 7.29. The highest BCUT2D eigenvalue weighted by molar-refractivity contribution is 5.81. The van der Waals surface area contributed by atoms with Crippen molar-refractivity contribution in [1.82, 2.24) is 0 Å². The normalized spacial score (nSPS) is 13.5. The zero-order chi connectivity index (χ0) is 7.98. The van der Waals surface area contributed by atoms with E-state index in [1.807, 2.05) is 6.92 Å². The first-order valence-corrected chi connectivity index (χ1v) is 3.37. The van der Waals surface area contributed by atoms with Crippen molar-refractivity contribution in [2.45, 2.75) is 26.4 Å². The third kappa shape index (κ3) is 4.13. The molecule has 0 amide bonds. The summed E-state index contributed by atoms with van der Waals surface area (Å²) in [6, 6.07) is 0. The number of ether oxygens (including phenoxy) is 1. The summed E-state index contributed by atoms with van der Waals surface area (Å²) in [5.41, 5.74) is 0. The molecule has 1 radical (unpaired) electrons. The van der Waals surface area contributed by atoms with E-state index >= 15 is 0 Å². The number of carbonyl (C=O) groups is 1. The summed E-state index contributed by atoms with van der Waals surface area (Å²) in [4.78, 5) is 10.7. The highest BCUT2D eigenvalue weighted by atomic mass is 16.5. The first-order chi connectivity index (χ1) is 4.70. The quantitative estimate of drug-likeness (QED) is 0.442. The Labute approximate surface area is 61.9 Å². The van der Waals surface area contributed by atoms with E-state index in [0.717, 1.165) is 6.42 Å². The predicted octanol–water partition coefficient (Wildman–Crippen LogP) is 1.72. The van der Waals surface area contributed by atoms with Crippen molar-refractivity contribution in [3.05, 3.63) is 19.1 Å². The highest BCUT2D eigenvalue weighted by Crippen LogP contribution is 1.95. The Hall–Kier alpha value is -0.790. The molecule has 0 aromatic heterocycles. The zero-order valence-electron chi connectivity index (χ0n) is 6.46. The van der Waals surface area contributed by atoms with Crippen LogP contribution in [0.4, 0.5) is 0 Å². The van der Waals surface area contributed by atoms with E-state index in [9.17, 15) is 4.79 Å². The average Bonchev–Trinajstić information content (AvgIpc) is 1.88. The van der Waals surface area contributed by atoms with Gasteiger partial charge < -0.3 is 4.74 Å². The Morgan fingerprint density at radius 3 is 2.80 bits per heavy atom. The van der Waals surface area contributed by atoms with Gasteiger partial charge in [0.1, 0.15) is 6.10 Å². The molecule has 57 valence electrons. The van der Waals surface area contributed by atoms with Crippen LogP contribution in [0, 0.1) is 6.92 Å². The molecule has 0 spiro atoms. The van der Waals surface area contributed by atoms with Gasteiger partial charge in [0.25, 0.3) is 0 Å². The number of hydrogen-bond donors (Lipinski definition) is 0. The van der Waals surface area contributed by atoms with Gasteiger partial charge in [-0.2, -0.15) is 0 Å². The molecule has 10 heavy (non-hydrogen) atoms. The van der Waals surface area contributed by atoms with Crippen molar-refractivity contribution in [1.29, 1.82) is 0 Å². The molecule has 2 heteroatoms. The van der Waals surface area contributed by atoms with Gasteiger partial charge in [0.2, 0.25) is 0 Å². The SMILES string of the molecule is [CH2]C(CC)OC(=O)C=CC. The molecule has 0 saturated carbocycles. The molecule has 0 aromatic carbocycles. The van der Waals surface area contributed by atoms with Crippen LogP contribution < -0.4 is 0 Å². The molecule has 0 bridgehead atoms. The molecule has 1 unspecified atom stereocenters. The molecular weight excluding hydrogens is 128 g/mol. The summed E-state index contributed by atoms with van der Waals surface area (Å²) >= 11 is 0. The second-order valence-electron chi connectivity index (χ2n) is 1.97. The van der Waals surface area contributed by atoms with Crippen molar-refractivity contribution in [3.63, 3.8) is 0 Å². The molecule has 0 saturated heterocycles. The van der Waals surface area contributed by atoms with Gasteiger partial charge in [-0.3, -0.25) is 0 Å². The molecule has 0 aliphatic heterocycles. The van der Waals surface area contributed by atoms with E-state index in [1.165, 1.54) is 6.08 Å². The van der Waals surface area contributed by atoms with Gasteiger partial charge in [0, 0.05) is 6.08 Å². The fourth-order valence-corrected chi connectivity index (χ4v) is 0.423. The maximum absolute atomic E-state index is 10.7. The van der Waals surface area contributed by atoms with E-state index in [4.69, 9.17) is 4.74 Å². The van der Waals surface area contributed by atoms with Crippen molar-refractivity contribution < 1.29 is 9.53 Å². The minimum Gasteiger partial charge on any atom is -0.459 e. The highest BCUT2D eigenvalue weighted by Gasteiger charge is 2.01. The Balaban J connectivity index is 3.57. The standard InChI is InChI=1S/C8H13O2/c1-4-6-8(9)10-7(3)5-2/h4,6-7H,3,5H2,1-2H3. The largest absolute Gasteiger partial charge is 0.459 e. The van der Waals surface area contributed by atoms with E-state index in [-0.39, 0.29) is 12.1 Å². The Morgan fingerprint density at radius 1 is 1.80 bits per heavy atom. The first kappa shape index (κ1) is 9.21. The molecule has 0 fully saturated rings. The van der Waals surface area contributed by atoms with E-state index in [2.05, 4.69) is 6.92 Å². The maximum Gasteiger partial charge on any atom is 0.330 e. The third-order valence-electron chi connectivity index (χ3n) is 1.04. The van der Waals surface area contributed by atoms with E-state index < -0.39 is 0 Å². The maximum atomic E-state index is 10.7. The zero-order valence-corrected chi connectivity index (χ0v) is 6.46. The third-order valence-corrected chi connectivity index (χ3v) is 1.04. The monoisotopic (exact) mass is 141 g/mol. The van der Waals surface area contributed by atoms with E-state index in [0.29, 0.717) is 0 Å². The first-order valence-electron chi connectivity index (χ1n) is 3.37. The number of rotatable bonds is 3. The lowest BCUT2D eigenvalue weighted by molar-refractivity contribution is -0.141. The van der Waals surface area contributed by atoms with Gasteiger partial charge in [0.15, 0.2) is 0 Å². The number of hydrogen-bond acceptors (Lipinski definition) is 2. The molecule has 0 aliphatic rings. The van der Waals surface area contributed by atoms with Crippen LogP contribution in [0.2, 0.25) is 0 Å². The molecule has 2 nitrogen and oxygen atoms in total. The fourth-order valence-electron chi connectivity index (χ4n) is 0.423. The minimum atomic E-state index is -0.315. The average molecular weight is 141 g/mol. The van der Waals surface area contributed by atoms with Crippen LogP contribution >= 0.6 is 0 Å². The molecule has 0 rings (SSSR count). The number of esters is 1.